The van der Waals surface area contributed by atoms with E-state index in [9.17, 15) is 4.79 Å². The van der Waals surface area contributed by atoms with Crippen molar-refractivity contribution in [3.05, 3.63) is 18.4 Å². The lowest BCUT2D eigenvalue weighted by Crippen LogP contribution is -2.21. The van der Waals surface area contributed by atoms with E-state index in [1.807, 2.05) is 0 Å². The van der Waals surface area contributed by atoms with Gasteiger partial charge in [0.1, 0.15) is 0 Å². The molecule has 0 bridgehead atoms. The molecule has 0 saturated heterocycles. The van der Waals surface area contributed by atoms with Gasteiger partial charge in [0.05, 0.1) is 6.26 Å². The molecule has 3 heteroatoms. The Labute approximate surface area is 84.7 Å². The molecule has 1 heterocycles. The summed E-state index contributed by atoms with van der Waals surface area (Å²) >= 11 is 0. The molecule has 78 valence electrons. The van der Waals surface area contributed by atoms with Crippen LogP contribution in [0.1, 0.15) is 32.6 Å². The van der Waals surface area contributed by atoms with Crippen molar-refractivity contribution in [3.8, 4) is 0 Å². The van der Waals surface area contributed by atoms with Crippen molar-refractivity contribution in [3.63, 3.8) is 0 Å². The zero-order valence-electron chi connectivity index (χ0n) is 8.61. The Bertz CT molecular complexity index is 244. The highest BCUT2D eigenvalue weighted by Gasteiger charge is 2.06. The monoisotopic (exact) mass is 195 g/mol. The fraction of sp³-hybridized carbons (Fsp3) is 0.545. The van der Waals surface area contributed by atoms with Gasteiger partial charge in [0.2, 0.25) is 12.3 Å². The minimum atomic E-state index is 0.636. The van der Waals surface area contributed by atoms with Crippen LogP contribution in [-0.2, 0) is 4.79 Å². The molecule has 1 aromatic rings. The summed E-state index contributed by atoms with van der Waals surface area (Å²) in [7, 11) is 0. The van der Waals surface area contributed by atoms with Crippen LogP contribution in [0.2, 0.25) is 0 Å². The molecule has 0 aromatic carbocycles. The van der Waals surface area contributed by atoms with Gasteiger partial charge in [-0.2, -0.15) is 0 Å². The van der Waals surface area contributed by atoms with Crippen molar-refractivity contribution in [2.75, 3.05) is 11.4 Å². The van der Waals surface area contributed by atoms with Gasteiger partial charge in [0, 0.05) is 12.6 Å². The van der Waals surface area contributed by atoms with Crippen LogP contribution in [0, 0.1) is 0 Å². The highest BCUT2D eigenvalue weighted by Crippen LogP contribution is 2.13. The number of nitrogens with zero attached hydrogens (tertiary/aromatic N) is 1. The van der Waals surface area contributed by atoms with Gasteiger partial charge in [0.15, 0.2) is 0 Å². The lowest BCUT2D eigenvalue weighted by atomic mass is 10.2. The predicted molar refractivity (Wildman–Crippen MR) is 56.3 cm³/mol. The van der Waals surface area contributed by atoms with Crippen LogP contribution in [-0.4, -0.2) is 13.0 Å². The molecule has 0 fully saturated rings. The minimum Gasteiger partial charge on any atom is -0.448 e. The van der Waals surface area contributed by atoms with Gasteiger partial charge in [-0.15, -0.1) is 0 Å². The Morgan fingerprint density at radius 1 is 1.43 bits per heavy atom. The van der Waals surface area contributed by atoms with Crippen molar-refractivity contribution in [2.45, 2.75) is 32.6 Å². The van der Waals surface area contributed by atoms with Gasteiger partial charge in [-0.05, 0) is 12.5 Å². The normalized spacial score (nSPS) is 10.1. The number of amides is 1. The lowest BCUT2D eigenvalue weighted by Gasteiger charge is -2.13. The van der Waals surface area contributed by atoms with Gasteiger partial charge in [-0.3, -0.25) is 9.69 Å². The standard InChI is InChI=1S/C11H17NO2/c1-2-3-4-5-8-12(10-13)11-7-6-9-14-11/h6-7,9-10H,2-5,8H2,1H3. The first-order valence-electron chi connectivity index (χ1n) is 5.14. The molecule has 0 aliphatic carbocycles. The Hall–Kier alpha value is -1.25. The lowest BCUT2D eigenvalue weighted by molar-refractivity contribution is -0.107. The number of rotatable bonds is 7. The zero-order valence-corrected chi connectivity index (χ0v) is 8.61. The highest BCUT2D eigenvalue weighted by atomic mass is 16.3. The van der Waals surface area contributed by atoms with Crippen LogP contribution in [0.5, 0.6) is 0 Å². The first-order valence-corrected chi connectivity index (χ1v) is 5.14. The van der Waals surface area contributed by atoms with E-state index in [0.717, 1.165) is 19.4 Å². The second-order valence-electron chi connectivity index (χ2n) is 3.31. The van der Waals surface area contributed by atoms with Gasteiger partial charge < -0.3 is 4.42 Å². The summed E-state index contributed by atoms with van der Waals surface area (Å²) in [6.45, 7) is 2.92. The smallest absolute Gasteiger partial charge is 0.216 e. The van der Waals surface area contributed by atoms with Crippen LogP contribution in [0.25, 0.3) is 0 Å². The Balaban J connectivity index is 2.29. The summed E-state index contributed by atoms with van der Waals surface area (Å²) in [5, 5.41) is 0. The summed E-state index contributed by atoms with van der Waals surface area (Å²) < 4.78 is 5.14. The third-order valence-electron chi connectivity index (χ3n) is 2.17. The molecule has 0 spiro atoms. The third kappa shape index (κ3) is 3.24. The Kier molecular flexibility index (Phi) is 4.83. The van der Waals surface area contributed by atoms with Crippen molar-refractivity contribution < 1.29 is 9.21 Å². The van der Waals surface area contributed by atoms with E-state index in [1.54, 1.807) is 23.3 Å². The van der Waals surface area contributed by atoms with E-state index in [2.05, 4.69) is 6.92 Å². The number of unbranched alkanes of at least 4 members (excludes halogenated alkanes) is 3. The largest absolute Gasteiger partial charge is 0.448 e. The van der Waals surface area contributed by atoms with Crippen LogP contribution in [0.4, 0.5) is 5.88 Å². The molecule has 1 aromatic heterocycles. The van der Waals surface area contributed by atoms with Crippen LogP contribution in [0.3, 0.4) is 0 Å². The van der Waals surface area contributed by atoms with Gasteiger partial charge in [-0.25, -0.2) is 0 Å². The predicted octanol–water partition coefficient (Wildman–Crippen LogP) is 2.82. The second-order valence-corrected chi connectivity index (χ2v) is 3.31. The molecule has 0 N–H and O–H groups in total. The number of hydrogen-bond acceptors (Lipinski definition) is 2. The molecule has 1 rings (SSSR count). The third-order valence-corrected chi connectivity index (χ3v) is 2.17. The Morgan fingerprint density at radius 3 is 2.86 bits per heavy atom. The van der Waals surface area contributed by atoms with Crippen LogP contribution < -0.4 is 4.90 Å². The maximum absolute atomic E-state index is 10.7. The fourth-order valence-electron chi connectivity index (χ4n) is 1.36. The highest BCUT2D eigenvalue weighted by molar-refractivity contribution is 5.71. The molecule has 0 unspecified atom stereocenters. The van der Waals surface area contributed by atoms with E-state index in [1.165, 1.54) is 19.3 Å². The van der Waals surface area contributed by atoms with E-state index < -0.39 is 0 Å². The molecule has 14 heavy (non-hydrogen) atoms. The molecule has 0 atom stereocenters. The van der Waals surface area contributed by atoms with E-state index in [4.69, 9.17) is 4.42 Å². The molecule has 0 saturated carbocycles. The number of hydrogen-bond donors (Lipinski definition) is 0. The van der Waals surface area contributed by atoms with Gasteiger partial charge >= 0.3 is 0 Å². The van der Waals surface area contributed by atoms with Gasteiger partial charge in [-0.1, -0.05) is 26.2 Å². The number of carbonyl (C=O) groups is 1. The summed E-state index contributed by atoms with van der Waals surface area (Å²) in [6.07, 6.45) is 7.05. The minimum absolute atomic E-state index is 0.636. The number of anilines is 1. The van der Waals surface area contributed by atoms with Crippen molar-refractivity contribution in [1.29, 1.82) is 0 Å². The van der Waals surface area contributed by atoms with E-state index in [-0.39, 0.29) is 0 Å². The molecular weight excluding hydrogens is 178 g/mol. The van der Waals surface area contributed by atoms with Crippen LogP contribution >= 0.6 is 0 Å². The number of furan rings is 1. The van der Waals surface area contributed by atoms with Crippen LogP contribution in [0.15, 0.2) is 22.8 Å². The van der Waals surface area contributed by atoms with Crippen molar-refractivity contribution in [1.82, 2.24) is 0 Å². The average Bonchev–Trinajstić information content (AvgIpc) is 2.71. The summed E-state index contributed by atoms with van der Waals surface area (Å²) in [5.74, 6) is 0.636. The first kappa shape index (κ1) is 10.8. The van der Waals surface area contributed by atoms with E-state index in [0.29, 0.717) is 5.88 Å². The molecule has 0 aliphatic rings. The fourth-order valence-corrected chi connectivity index (χ4v) is 1.36. The Morgan fingerprint density at radius 2 is 2.29 bits per heavy atom. The van der Waals surface area contributed by atoms with Crippen molar-refractivity contribution in [2.24, 2.45) is 0 Å². The maximum Gasteiger partial charge on any atom is 0.216 e. The summed E-state index contributed by atoms with van der Waals surface area (Å²) in [5.41, 5.74) is 0. The van der Waals surface area contributed by atoms with Crippen molar-refractivity contribution >= 4 is 12.3 Å². The zero-order chi connectivity index (χ0) is 10.2. The SMILES string of the molecule is CCCCCCN(C=O)c1ccco1. The summed E-state index contributed by atoms with van der Waals surface area (Å²) in [4.78, 5) is 12.3. The maximum atomic E-state index is 10.7. The number of carbonyl (C=O) groups excluding carboxylic acids is 1. The molecule has 3 nitrogen and oxygen atoms in total. The first-order chi connectivity index (χ1) is 6.88. The second kappa shape index (κ2) is 6.24. The van der Waals surface area contributed by atoms with Gasteiger partial charge in [0.25, 0.3) is 0 Å². The molecule has 0 aliphatic heterocycles. The molecular formula is C11H17NO2. The quantitative estimate of drug-likeness (QED) is 0.495. The topological polar surface area (TPSA) is 33.5 Å². The summed E-state index contributed by atoms with van der Waals surface area (Å²) in [6, 6.07) is 3.59. The molecule has 0 radical (unpaired) electrons. The molecule has 1 amide bonds. The average molecular weight is 195 g/mol. The van der Waals surface area contributed by atoms with E-state index >= 15 is 0 Å².